The minimum atomic E-state index is -4.55. The van der Waals surface area contributed by atoms with Crippen molar-refractivity contribution in [2.24, 2.45) is 0 Å². The van der Waals surface area contributed by atoms with Crippen molar-refractivity contribution >= 4 is 21.6 Å². The van der Waals surface area contributed by atoms with Crippen LogP contribution in [-0.2, 0) is 17.0 Å². The summed E-state index contributed by atoms with van der Waals surface area (Å²) in [5.41, 5.74) is -0.975. The standard InChI is InChI=1S/C12H10F3NOS/c1-2-18(17)10-7-8-5-3-4-6-9(8)11(16-10)12(13,14)15/h3-7H,2H2,1H3. The number of halogens is 3. The van der Waals surface area contributed by atoms with Gasteiger partial charge in [-0.3, -0.25) is 4.21 Å². The average Bonchev–Trinajstić information content (AvgIpc) is 2.35. The lowest BCUT2D eigenvalue weighted by molar-refractivity contribution is -0.140. The molecule has 0 aliphatic rings. The summed E-state index contributed by atoms with van der Waals surface area (Å²) in [6.07, 6.45) is -4.55. The summed E-state index contributed by atoms with van der Waals surface area (Å²) in [6.45, 7) is 1.64. The Kier molecular flexibility index (Phi) is 3.38. The molecule has 0 saturated heterocycles. The lowest BCUT2D eigenvalue weighted by Gasteiger charge is -2.11. The maximum atomic E-state index is 12.9. The van der Waals surface area contributed by atoms with E-state index in [-0.39, 0.29) is 16.2 Å². The number of hydrogen-bond acceptors (Lipinski definition) is 2. The van der Waals surface area contributed by atoms with Crippen molar-refractivity contribution in [2.45, 2.75) is 18.1 Å². The molecule has 2 nitrogen and oxygen atoms in total. The molecule has 1 aromatic heterocycles. The van der Waals surface area contributed by atoms with E-state index in [2.05, 4.69) is 4.98 Å². The largest absolute Gasteiger partial charge is 0.434 e. The SMILES string of the molecule is CCS(=O)c1cc2ccccc2c(C(F)(F)F)n1. The van der Waals surface area contributed by atoms with Gasteiger partial charge < -0.3 is 0 Å². The molecule has 0 aliphatic carbocycles. The molecule has 96 valence electrons. The molecule has 0 fully saturated rings. The molecule has 0 aliphatic heterocycles. The first-order chi connectivity index (χ1) is 8.43. The van der Waals surface area contributed by atoms with E-state index in [1.807, 2.05) is 0 Å². The molecule has 1 aromatic carbocycles. The Morgan fingerprint density at radius 1 is 1.28 bits per heavy atom. The molecule has 0 amide bonds. The second-order valence-corrected chi connectivity index (χ2v) is 5.35. The zero-order valence-electron chi connectivity index (χ0n) is 9.49. The predicted octanol–water partition coefficient (Wildman–Crippen LogP) is 3.38. The Hall–Kier alpha value is -1.43. The van der Waals surface area contributed by atoms with Crippen LogP contribution in [-0.4, -0.2) is 14.9 Å². The van der Waals surface area contributed by atoms with Crippen molar-refractivity contribution in [1.29, 1.82) is 0 Å². The second-order valence-electron chi connectivity index (χ2n) is 3.66. The highest BCUT2D eigenvalue weighted by molar-refractivity contribution is 7.84. The van der Waals surface area contributed by atoms with Crippen LogP contribution in [0.25, 0.3) is 10.8 Å². The van der Waals surface area contributed by atoms with E-state index in [1.54, 1.807) is 19.1 Å². The van der Waals surface area contributed by atoms with Gasteiger partial charge in [-0.05, 0) is 11.5 Å². The van der Waals surface area contributed by atoms with Crippen LogP contribution in [0.5, 0.6) is 0 Å². The minimum absolute atomic E-state index is 0.0245. The first kappa shape index (κ1) is 13.0. The molecule has 1 heterocycles. The van der Waals surface area contributed by atoms with Gasteiger partial charge in [0.05, 0.1) is 10.8 Å². The summed E-state index contributed by atoms with van der Waals surface area (Å²) < 4.78 is 50.3. The van der Waals surface area contributed by atoms with Gasteiger partial charge in [-0.2, -0.15) is 13.2 Å². The molecule has 0 bridgehead atoms. The molecule has 2 aromatic rings. The van der Waals surface area contributed by atoms with Gasteiger partial charge >= 0.3 is 6.18 Å². The summed E-state index contributed by atoms with van der Waals surface area (Å²) in [7, 11) is -1.50. The molecule has 0 N–H and O–H groups in total. The van der Waals surface area contributed by atoms with Gasteiger partial charge in [0.25, 0.3) is 0 Å². The first-order valence-corrected chi connectivity index (χ1v) is 6.60. The van der Waals surface area contributed by atoms with Crippen molar-refractivity contribution in [1.82, 2.24) is 4.98 Å². The van der Waals surface area contributed by atoms with E-state index in [1.165, 1.54) is 18.2 Å². The van der Waals surface area contributed by atoms with Crippen molar-refractivity contribution in [3.63, 3.8) is 0 Å². The normalized spacial score (nSPS) is 13.8. The molecule has 6 heteroatoms. The highest BCUT2D eigenvalue weighted by atomic mass is 32.2. The van der Waals surface area contributed by atoms with Gasteiger partial charge in [-0.15, -0.1) is 0 Å². The first-order valence-electron chi connectivity index (χ1n) is 5.29. The molecular weight excluding hydrogens is 263 g/mol. The van der Waals surface area contributed by atoms with E-state index < -0.39 is 22.7 Å². The zero-order valence-corrected chi connectivity index (χ0v) is 10.3. The quantitative estimate of drug-likeness (QED) is 0.839. The topological polar surface area (TPSA) is 30.0 Å². The van der Waals surface area contributed by atoms with Crippen LogP contribution in [0, 0.1) is 0 Å². The Balaban J connectivity index is 2.77. The van der Waals surface area contributed by atoms with Crippen LogP contribution in [0.2, 0.25) is 0 Å². The summed E-state index contributed by atoms with van der Waals surface area (Å²) in [5, 5.41) is 0.405. The van der Waals surface area contributed by atoms with Crippen LogP contribution in [0.1, 0.15) is 12.6 Å². The van der Waals surface area contributed by atoms with Gasteiger partial charge in [0.1, 0.15) is 5.03 Å². The van der Waals surface area contributed by atoms with Crippen LogP contribution >= 0.6 is 0 Å². The number of alkyl halides is 3. The van der Waals surface area contributed by atoms with Crippen LogP contribution in [0.4, 0.5) is 13.2 Å². The molecule has 0 spiro atoms. The molecule has 0 saturated carbocycles. The molecule has 1 unspecified atom stereocenters. The van der Waals surface area contributed by atoms with E-state index in [0.29, 0.717) is 5.39 Å². The van der Waals surface area contributed by atoms with Crippen molar-refractivity contribution < 1.29 is 17.4 Å². The monoisotopic (exact) mass is 273 g/mol. The van der Waals surface area contributed by atoms with E-state index >= 15 is 0 Å². The number of hydrogen-bond donors (Lipinski definition) is 0. The number of fused-ring (bicyclic) bond motifs is 1. The highest BCUT2D eigenvalue weighted by Gasteiger charge is 2.35. The van der Waals surface area contributed by atoms with Crippen molar-refractivity contribution in [2.75, 3.05) is 5.75 Å². The lowest BCUT2D eigenvalue weighted by Crippen LogP contribution is -2.11. The Morgan fingerprint density at radius 2 is 1.94 bits per heavy atom. The maximum Gasteiger partial charge on any atom is 0.434 e. The fourth-order valence-corrected chi connectivity index (χ4v) is 2.40. The molecule has 0 radical (unpaired) electrons. The number of aromatic nitrogens is 1. The van der Waals surface area contributed by atoms with Gasteiger partial charge in [0.15, 0.2) is 5.69 Å². The Morgan fingerprint density at radius 3 is 2.56 bits per heavy atom. The summed E-state index contributed by atoms with van der Waals surface area (Å²) in [4.78, 5) is 3.52. The maximum absolute atomic E-state index is 12.9. The fourth-order valence-electron chi connectivity index (χ4n) is 1.65. The van der Waals surface area contributed by atoms with Crippen LogP contribution in [0.3, 0.4) is 0 Å². The lowest BCUT2D eigenvalue weighted by atomic mass is 10.1. The van der Waals surface area contributed by atoms with Gasteiger partial charge in [0, 0.05) is 11.1 Å². The van der Waals surface area contributed by atoms with Crippen molar-refractivity contribution in [3.8, 4) is 0 Å². The molecule has 2 rings (SSSR count). The molecule has 1 atom stereocenters. The van der Waals surface area contributed by atoms with Crippen LogP contribution < -0.4 is 0 Å². The fraction of sp³-hybridized carbons (Fsp3) is 0.250. The third-order valence-electron chi connectivity index (χ3n) is 2.48. The Labute approximate surface area is 104 Å². The second kappa shape index (κ2) is 4.68. The van der Waals surface area contributed by atoms with Gasteiger partial charge in [-0.1, -0.05) is 31.2 Å². The number of benzene rings is 1. The number of pyridine rings is 1. The van der Waals surface area contributed by atoms with Gasteiger partial charge in [0.2, 0.25) is 0 Å². The van der Waals surface area contributed by atoms with Crippen molar-refractivity contribution in [3.05, 3.63) is 36.0 Å². The van der Waals surface area contributed by atoms with E-state index in [9.17, 15) is 17.4 Å². The van der Waals surface area contributed by atoms with E-state index in [0.717, 1.165) is 0 Å². The van der Waals surface area contributed by atoms with Crippen LogP contribution in [0.15, 0.2) is 35.4 Å². The summed E-state index contributed by atoms with van der Waals surface area (Å²) in [6, 6.07) is 7.54. The third kappa shape index (κ3) is 2.38. The number of nitrogens with zero attached hydrogens (tertiary/aromatic N) is 1. The smallest absolute Gasteiger partial charge is 0.253 e. The summed E-state index contributed by atoms with van der Waals surface area (Å²) >= 11 is 0. The van der Waals surface area contributed by atoms with E-state index in [4.69, 9.17) is 0 Å². The predicted molar refractivity (Wildman–Crippen MR) is 63.7 cm³/mol. The summed E-state index contributed by atoms with van der Waals surface area (Å²) in [5.74, 6) is 0.239. The average molecular weight is 273 g/mol. The zero-order chi connectivity index (χ0) is 13.3. The third-order valence-corrected chi connectivity index (χ3v) is 3.68. The highest BCUT2D eigenvalue weighted by Crippen LogP contribution is 2.34. The number of rotatable bonds is 2. The molecular formula is C12H10F3NOS. The minimum Gasteiger partial charge on any atom is -0.253 e. The van der Waals surface area contributed by atoms with Gasteiger partial charge in [-0.25, -0.2) is 4.98 Å². The molecule has 18 heavy (non-hydrogen) atoms. The Bertz CT molecular complexity index is 610.